The maximum atomic E-state index is 12.8. The summed E-state index contributed by atoms with van der Waals surface area (Å²) in [6.07, 6.45) is -3.05. The summed E-state index contributed by atoms with van der Waals surface area (Å²) >= 11 is 6.04. The Morgan fingerprint density at radius 1 is 1.21 bits per heavy atom. The number of anilines is 2. The molecule has 1 N–H and O–H groups in total. The zero-order valence-corrected chi connectivity index (χ0v) is 18.3. The van der Waals surface area contributed by atoms with Crippen LogP contribution in [0.4, 0.5) is 29.5 Å². The number of rotatable bonds is 5. The molecule has 7 nitrogen and oxygen atoms in total. The van der Waals surface area contributed by atoms with Crippen LogP contribution < -0.4 is 15.1 Å². The van der Waals surface area contributed by atoms with Crippen molar-refractivity contribution >= 4 is 35.1 Å². The van der Waals surface area contributed by atoms with E-state index in [0.717, 1.165) is 23.5 Å². The van der Waals surface area contributed by atoms with E-state index in [2.05, 4.69) is 10.3 Å². The van der Waals surface area contributed by atoms with Crippen molar-refractivity contribution in [2.24, 2.45) is 5.92 Å². The molecular weight excluding hydrogens is 461 g/mol. The Morgan fingerprint density at radius 2 is 1.97 bits per heavy atom. The molecule has 0 spiro atoms. The molecule has 176 valence electrons. The second-order valence-electron chi connectivity index (χ2n) is 7.94. The summed E-state index contributed by atoms with van der Waals surface area (Å²) in [5.74, 6) is -0.0147. The van der Waals surface area contributed by atoms with Crippen LogP contribution >= 0.6 is 11.6 Å². The fourth-order valence-corrected chi connectivity index (χ4v) is 4.25. The van der Waals surface area contributed by atoms with Gasteiger partial charge in [0.15, 0.2) is 0 Å². The van der Waals surface area contributed by atoms with Crippen LogP contribution in [-0.2, 0) is 22.3 Å². The molecule has 0 bridgehead atoms. The number of halogens is 4. The Morgan fingerprint density at radius 3 is 2.61 bits per heavy atom. The van der Waals surface area contributed by atoms with E-state index >= 15 is 0 Å². The van der Waals surface area contributed by atoms with E-state index < -0.39 is 11.7 Å². The minimum atomic E-state index is -4.50. The van der Waals surface area contributed by atoms with Gasteiger partial charge in [-0.25, -0.2) is 9.78 Å². The summed E-state index contributed by atoms with van der Waals surface area (Å²) < 4.78 is 43.4. The van der Waals surface area contributed by atoms with Gasteiger partial charge < -0.3 is 15.0 Å². The molecule has 3 heterocycles. The monoisotopic (exact) mass is 482 g/mol. The fraction of sp³-hybridized carbons (Fsp3) is 0.409. The highest BCUT2D eigenvalue weighted by molar-refractivity contribution is 6.33. The van der Waals surface area contributed by atoms with Gasteiger partial charge in [-0.05, 0) is 36.6 Å². The predicted molar refractivity (Wildman–Crippen MR) is 116 cm³/mol. The standard InChI is InChI=1S/C22H22ClF3N4O3/c23-18-11-16(22(24,25)26)13-27-19(18)29-6-4-15(5-7-29)20(31)28-12-14-2-1-3-17(10-14)30-8-9-33-21(30)32/h1-3,10-11,13,15H,4-9,12H2,(H,28,31). The number of cyclic esters (lactones) is 1. The largest absolute Gasteiger partial charge is 0.447 e. The van der Waals surface area contributed by atoms with Crippen LogP contribution in [0.1, 0.15) is 24.0 Å². The summed E-state index contributed by atoms with van der Waals surface area (Å²) in [4.78, 5) is 31.6. The highest BCUT2D eigenvalue weighted by Crippen LogP contribution is 2.34. The molecule has 2 aliphatic rings. The van der Waals surface area contributed by atoms with Crippen LogP contribution in [-0.4, -0.2) is 43.2 Å². The molecule has 2 amide bonds. The van der Waals surface area contributed by atoms with Gasteiger partial charge in [-0.2, -0.15) is 13.2 Å². The molecule has 33 heavy (non-hydrogen) atoms. The fourth-order valence-electron chi connectivity index (χ4n) is 3.97. The van der Waals surface area contributed by atoms with Crippen LogP contribution in [0.15, 0.2) is 36.5 Å². The van der Waals surface area contributed by atoms with E-state index in [1.165, 1.54) is 0 Å². The van der Waals surface area contributed by atoms with E-state index in [9.17, 15) is 22.8 Å². The number of nitrogens with one attached hydrogen (secondary N) is 1. The van der Waals surface area contributed by atoms with Gasteiger partial charge in [-0.15, -0.1) is 0 Å². The summed E-state index contributed by atoms with van der Waals surface area (Å²) in [6.45, 7) is 2.09. The number of pyridine rings is 1. The molecule has 0 saturated carbocycles. The second-order valence-corrected chi connectivity index (χ2v) is 8.35. The van der Waals surface area contributed by atoms with Gasteiger partial charge in [0, 0.05) is 37.4 Å². The maximum Gasteiger partial charge on any atom is 0.417 e. The van der Waals surface area contributed by atoms with Crippen molar-refractivity contribution in [3.8, 4) is 0 Å². The third-order valence-electron chi connectivity index (χ3n) is 5.76. The maximum absolute atomic E-state index is 12.8. The average molecular weight is 483 g/mol. The number of carbonyl (C=O) groups excluding carboxylic acids is 2. The van der Waals surface area contributed by atoms with Gasteiger partial charge in [0.25, 0.3) is 0 Å². The van der Waals surface area contributed by atoms with Gasteiger partial charge in [0.1, 0.15) is 12.4 Å². The third kappa shape index (κ3) is 5.32. The summed E-state index contributed by atoms with van der Waals surface area (Å²) in [6, 6.07) is 8.22. The van der Waals surface area contributed by atoms with Crippen LogP contribution in [0.25, 0.3) is 0 Å². The number of aromatic nitrogens is 1. The lowest BCUT2D eigenvalue weighted by Crippen LogP contribution is -2.40. The summed E-state index contributed by atoms with van der Waals surface area (Å²) in [5, 5.41) is 2.87. The molecule has 2 aliphatic heterocycles. The van der Waals surface area contributed by atoms with Crippen LogP contribution in [0.5, 0.6) is 0 Å². The summed E-state index contributed by atoms with van der Waals surface area (Å²) in [7, 11) is 0. The predicted octanol–water partition coefficient (Wildman–Crippen LogP) is 4.24. The Bertz CT molecular complexity index is 1040. The van der Waals surface area contributed by atoms with E-state index in [-0.39, 0.29) is 22.9 Å². The van der Waals surface area contributed by atoms with Crippen molar-refractivity contribution in [1.82, 2.24) is 10.3 Å². The number of piperidine rings is 1. The molecule has 11 heteroatoms. The van der Waals surface area contributed by atoms with Crippen molar-refractivity contribution in [1.29, 1.82) is 0 Å². The summed E-state index contributed by atoms with van der Waals surface area (Å²) in [5.41, 5.74) is 0.688. The first-order chi connectivity index (χ1) is 15.7. The highest BCUT2D eigenvalue weighted by atomic mass is 35.5. The number of hydrogen-bond acceptors (Lipinski definition) is 5. The number of hydrogen-bond donors (Lipinski definition) is 1. The number of nitrogens with zero attached hydrogens (tertiary/aromatic N) is 3. The minimum absolute atomic E-state index is 0.0607. The lowest BCUT2D eigenvalue weighted by Gasteiger charge is -2.32. The lowest BCUT2D eigenvalue weighted by atomic mass is 9.95. The minimum Gasteiger partial charge on any atom is -0.447 e. The lowest BCUT2D eigenvalue weighted by molar-refractivity contribution is -0.137. The quantitative estimate of drug-likeness (QED) is 0.690. The van der Waals surface area contributed by atoms with Crippen molar-refractivity contribution < 1.29 is 27.5 Å². The van der Waals surface area contributed by atoms with E-state index in [1.54, 1.807) is 9.80 Å². The topological polar surface area (TPSA) is 74.8 Å². The first-order valence-electron chi connectivity index (χ1n) is 10.5. The molecule has 1 aromatic heterocycles. The number of alkyl halides is 3. The number of carbonyl (C=O) groups is 2. The normalized spacial score (nSPS) is 17.3. The molecule has 0 atom stereocenters. The molecule has 4 rings (SSSR count). The first kappa shape index (κ1) is 23.2. The van der Waals surface area contributed by atoms with Gasteiger partial charge in [-0.3, -0.25) is 9.69 Å². The molecule has 2 saturated heterocycles. The molecule has 0 radical (unpaired) electrons. The van der Waals surface area contributed by atoms with E-state index in [0.29, 0.717) is 51.4 Å². The number of benzene rings is 1. The van der Waals surface area contributed by atoms with Gasteiger partial charge in [-0.1, -0.05) is 23.7 Å². The van der Waals surface area contributed by atoms with Gasteiger partial charge in [0.05, 0.1) is 17.1 Å². The number of ether oxygens (including phenoxy) is 1. The second kappa shape index (κ2) is 9.46. The van der Waals surface area contributed by atoms with Crippen molar-refractivity contribution in [2.75, 3.05) is 36.0 Å². The van der Waals surface area contributed by atoms with Gasteiger partial charge >= 0.3 is 12.3 Å². The number of amides is 2. The smallest absolute Gasteiger partial charge is 0.417 e. The average Bonchev–Trinajstić information content (AvgIpc) is 3.23. The van der Waals surface area contributed by atoms with E-state index in [4.69, 9.17) is 16.3 Å². The van der Waals surface area contributed by atoms with Crippen molar-refractivity contribution in [3.05, 3.63) is 52.7 Å². The Kier molecular flexibility index (Phi) is 6.64. The molecule has 1 aromatic carbocycles. The zero-order chi connectivity index (χ0) is 23.6. The van der Waals surface area contributed by atoms with Crippen LogP contribution in [0.2, 0.25) is 5.02 Å². The molecular formula is C22H22ClF3N4O3. The van der Waals surface area contributed by atoms with Crippen molar-refractivity contribution in [3.63, 3.8) is 0 Å². The Hall–Kier alpha value is -3.01. The first-order valence-corrected chi connectivity index (χ1v) is 10.9. The van der Waals surface area contributed by atoms with Crippen LogP contribution in [0.3, 0.4) is 0 Å². The van der Waals surface area contributed by atoms with Crippen molar-refractivity contribution in [2.45, 2.75) is 25.6 Å². The molecule has 0 unspecified atom stereocenters. The van der Waals surface area contributed by atoms with Crippen LogP contribution in [0, 0.1) is 5.92 Å². The molecule has 0 aliphatic carbocycles. The SMILES string of the molecule is O=C(NCc1cccc(N2CCOC2=O)c1)C1CCN(c2ncc(C(F)(F)F)cc2Cl)CC1. The third-order valence-corrected chi connectivity index (χ3v) is 6.04. The van der Waals surface area contributed by atoms with E-state index in [1.807, 2.05) is 24.3 Å². The van der Waals surface area contributed by atoms with Gasteiger partial charge in [0.2, 0.25) is 5.91 Å². The Balaban J connectivity index is 1.30. The highest BCUT2D eigenvalue weighted by Gasteiger charge is 2.33. The molecule has 2 fully saturated rings. The molecule has 2 aromatic rings. The Labute approximate surface area is 193 Å². The zero-order valence-electron chi connectivity index (χ0n) is 17.6.